The average Bonchev–Trinajstić information content (AvgIpc) is 3.61. The molecule has 0 spiro atoms. The number of hydrogen-bond acceptors (Lipinski definition) is 5. The maximum atomic E-state index is 12.9. The molecule has 2 aromatic heterocycles. The molecule has 2 heterocycles. The molecule has 0 aliphatic carbocycles. The van der Waals surface area contributed by atoms with E-state index in [1.807, 2.05) is 67.6 Å². The Hall–Kier alpha value is -5.18. The maximum Gasteiger partial charge on any atom is 0.278 e. The molecule has 0 atom stereocenters. The normalized spacial score (nSPS) is 10.7. The number of rotatable bonds is 9. The van der Waals surface area contributed by atoms with E-state index in [0.29, 0.717) is 23.7 Å². The first-order chi connectivity index (χ1) is 18.6. The average molecular weight is 507 g/mol. The molecule has 0 bridgehead atoms. The molecular formula is C29H26N6O3. The number of carbonyl (C=O) groups excluding carboxylic acids is 2. The molecule has 9 nitrogen and oxygen atoms in total. The van der Waals surface area contributed by atoms with Crippen LogP contribution in [-0.4, -0.2) is 31.4 Å². The number of para-hydroxylation sites is 1. The molecule has 0 aliphatic rings. The van der Waals surface area contributed by atoms with Crippen LogP contribution in [0.25, 0.3) is 11.1 Å². The first-order valence-corrected chi connectivity index (χ1v) is 12.2. The summed E-state index contributed by atoms with van der Waals surface area (Å²) in [4.78, 5) is 25.7. The first kappa shape index (κ1) is 24.5. The Kier molecular flexibility index (Phi) is 7.26. The van der Waals surface area contributed by atoms with Gasteiger partial charge in [0.25, 0.3) is 11.8 Å². The smallest absolute Gasteiger partial charge is 0.278 e. The van der Waals surface area contributed by atoms with Crippen molar-refractivity contribution in [1.29, 1.82) is 0 Å². The number of hydrogen-bond donors (Lipinski definition) is 2. The van der Waals surface area contributed by atoms with Crippen LogP contribution in [0.4, 0.5) is 11.4 Å². The molecule has 0 aliphatic heterocycles. The van der Waals surface area contributed by atoms with Gasteiger partial charge in [0.2, 0.25) is 0 Å². The number of nitrogens with zero attached hydrogens (tertiary/aromatic N) is 4. The van der Waals surface area contributed by atoms with Crippen LogP contribution < -0.4 is 15.4 Å². The number of ether oxygens (including phenoxy) is 1. The van der Waals surface area contributed by atoms with Gasteiger partial charge < -0.3 is 15.4 Å². The van der Waals surface area contributed by atoms with Crippen molar-refractivity contribution in [2.45, 2.75) is 20.2 Å². The number of anilines is 2. The van der Waals surface area contributed by atoms with Gasteiger partial charge in [-0.3, -0.25) is 14.3 Å². The number of aromatic nitrogens is 4. The van der Waals surface area contributed by atoms with E-state index in [-0.39, 0.29) is 18.1 Å². The molecule has 190 valence electrons. The van der Waals surface area contributed by atoms with E-state index >= 15 is 0 Å². The molecule has 5 aromatic rings. The van der Waals surface area contributed by atoms with Gasteiger partial charge in [-0.25, -0.2) is 4.68 Å². The Bertz CT molecular complexity index is 1530. The monoisotopic (exact) mass is 506 g/mol. The van der Waals surface area contributed by atoms with Crippen molar-refractivity contribution in [2.75, 3.05) is 10.6 Å². The number of carbonyl (C=O) groups is 2. The third-order valence-corrected chi connectivity index (χ3v) is 5.78. The lowest BCUT2D eigenvalue weighted by Crippen LogP contribution is -2.18. The highest BCUT2D eigenvalue weighted by Crippen LogP contribution is 2.22. The summed E-state index contributed by atoms with van der Waals surface area (Å²) in [7, 11) is 0. The zero-order valence-corrected chi connectivity index (χ0v) is 20.7. The van der Waals surface area contributed by atoms with Crippen molar-refractivity contribution in [3.05, 3.63) is 115 Å². The summed E-state index contributed by atoms with van der Waals surface area (Å²) in [6.45, 7) is 2.57. The fourth-order valence-electron chi connectivity index (χ4n) is 3.81. The van der Waals surface area contributed by atoms with E-state index in [1.54, 1.807) is 35.3 Å². The molecule has 3 aromatic carbocycles. The van der Waals surface area contributed by atoms with Crippen LogP contribution in [-0.2, 0) is 13.3 Å². The zero-order valence-electron chi connectivity index (χ0n) is 20.7. The van der Waals surface area contributed by atoms with Gasteiger partial charge in [-0.05, 0) is 48.4 Å². The van der Waals surface area contributed by atoms with Crippen molar-refractivity contribution in [3.8, 4) is 16.9 Å². The van der Waals surface area contributed by atoms with Gasteiger partial charge >= 0.3 is 0 Å². The van der Waals surface area contributed by atoms with Crippen LogP contribution in [0.1, 0.15) is 27.9 Å². The minimum absolute atomic E-state index is 0.116. The van der Waals surface area contributed by atoms with Gasteiger partial charge in [-0.1, -0.05) is 60.7 Å². The Morgan fingerprint density at radius 2 is 1.45 bits per heavy atom. The third kappa shape index (κ3) is 5.79. The van der Waals surface area contributed by atoms with Gasteiger partial charge in [0.1, 0.15) is 5.75 Å². The quantitative estimate of drug-likeness (QED) is 0.282. The lowest BCUT2D eigenvalue weighted by molar-refractivity contribution is 0.102. The number of amides is 2. The maximum absolute atomic E-state index is 12.9. The summed E-state index contributed by atoms with van der Waals surface area (Å²) in [6.07, 6.45) is 3.28. The summed E-state index contributed by atoms with van der Waals surface area (Å²) in [5.74, 6) is -0.191. The van der Waals surface area contributed by atoms with Crippen molar-refractivity contribution < 1.29 is 14.3 Å². The van der Waals surface area contributed by atoms with Crippen molar-refractivity contribution in [3.63, 3.8) is 0 Å². The predicted octanol–water partition coefficient (Wildman–Crippen LogP) is 5.31. The third-order valence-electron chi connectivity index (χ3n) is 5.78. The van der Waals surface area contributed by atoms with Crippen LogP contribution in [0.5, 0.6) is 5.75 Å². The van der Waals surface area contributed by atoms with Crippen molar-refractivity contribution in [2.24, 2.45) is 0 Å². The number of nitrogens with one attached hydrogen (secondary N) is 2. The minimum Gasteiger partial charge on any atom is -0.471 e. The minimum atomic E-state index is -0.458. The summed E-state index contributed by atoms with van der Waals surface area (Å²) >= 11 is 0. The predicted molar refractivity (Wildman–Crippen MR) is 145 cm³/mol. The standard InChI is InChI=1S/C29H26N6O3/c1-2-34-19-26(27(33-34)29(37)30-23-11-7-4-8-12-23)31-28(36)25-17-18-35(32-25)20-38-24-15-13-22(14-16-24)21-9-5-3-6-10-21/h3-19H,2,20H2,1H3,(H,30,37)(H,31,36). The second kappa shape index (κ2) is 11.3. The highest BCUT2D eigenvalue weighted by Gasteiger charge is 2.20. The van der Waals surface area contributed by atoms with Gasteiger partial charge in [0.15, 0.2) is 18.1 Å². The van der Waals surface area contributed by atoms with E-state index in [2.05, 4.69) is 33.0 Å². The summed E-state index contributed by atoms with van der Waals surface area (Å²) in [5, 5.41) is 14.2. The topological polar surface area (TPSA) is 103 Å². The van der Waals surface area contributed by atoms with Crippen molar-refractivity contribution >= 4 is 23.2 Å². The number of aryl methyl sites for hydroxylation is 1. The first-order valence-electron chi connectivity index (χ1n) is 12.2. The Balaban J connectivity index is 1.21. The molecule has 0 saturated heterocycles. The molecule has 9 heteroatoms. The van der Waals surface area contributed by atoms with Crippen LogP contribution >= 0.6 is 0 Å². The Morgan fingerprint density at radius 1 is 0.763 bits per heavy atom. The van der Waals surface area contributed by atoms with Crippen LogP contribution in [0.15, 0.2) is 103 Å². The van der Waals surface area contributed by atoms with Gasteiger partial charge in [0.05, 0.1) is 5.69 Å². The van der Waals surface area contributed by atoms with Gasteiger partial charge in [-0.2, -0.15) is 10.2 Å². The van der Waals surface area contributed by atoms with E-state index in [9.17, 15) is 9.59 Å². The van der Waals surface area contributed by atoms with Crippen LogP contribution in [0.3, 0.4) is 0 Å². The van der Waals surface area contributed by atoms with Crippen molar-refractivity contribution in [1.82, 2.24) is 19.6 Å². The summed E-state index contributed by atoms with van der Waals surface area (Å²) < 4.78 is 8.94. The molecule has 38 heavy (non-hydrogen) atoms. The van der Waals surface area contributed by atoms with Crippen LogP contribution in [0.2, 0.25) is 0 Å². The Labute approximate surface area is 219 Å². The highest BCUT2D eigenvalue weighted by atomic mass is 16.5. The molecule has 0 unspecified atom stereocenters. The second-order valence-corrected chi connectivity index (χ2v) is 8.43. The fourth-order valence-corrected chi connectivity index (χ4v) is 3.81. The van der Waals surface area contributed by atoms with E-state index in [1.165, 1.54) is 4.68 Å². The lowest BCUT2D eigenvalue weighted by atomic mass is 10.1. The zero-order chi connectivity index (χ0) is 26.3. The van der Waals surface area contributed by atoms with E-state index < -0.39 is 11.8 Å². The fraction of sp³-hybridized carbons (Fsp3) is 0.103. The van der Waals surface area contributed by atoms with E-state index in [0.717, 1.165) is 11.1 Å². The molecular weight excluding hydrogens is 480 g/mol. The molecule has 0 fully saturated rings. The van der Waals surface area contributed by atoms with Crippen LogP contribution in [0, 0.1) is 0 Å². The molecule has 5 rings (SSSR count). The second-order valence-electron chi connectivity index (χ2n) is 8.43. The largest absolute Gasteiger partial charge is 0.471 e. The lowest BCUT2D eigenvalue weighted by Gasteiger charge is -2.08. The molecule has 0 saturated carbocycles. The SMILES string of the molecule is CCn1cc(NC(=O)c2ccn(COc3ccc(-c4ccccc4)cc3)n2)c(C(=O)Nc2ccccc2)n1. The summed E-state index contributed by atoms with van der Waals surface area (Å²) in [5.41, 5.74) is 3.47. The highest BCUT2D eigenvalue weighted by molar-refractivity contribution is 6.11. The van der Waals surface area contributed by atoms with Gasteiger partial charge in [0, 0.05) is 24.6 Å². The molecule has 2 N–H and O–H groups in total. The summed E-state index contributed by atoms with van der Waals surface area (Å²) in [6, 6.07) is 28.5. The number of benzene rings is 3. The Morgan fingerprint density at radius 3 is 2.16 bits per heavy atom. The molecule has 2 amide bonds. The van der Waals surface area contributed by atoms with Gasteiger partial charge in [-0.15, -0.1) is 0 Å². The van der Waals surface area contributed by atoms with E-state index in [4.69, 9.17) is 4.74 Å². The molecule has 0 radical (unpaired) electrons.